The molecule has 0 bridgehead atoms. The van der Waals surface area contributed by atoms with Gasteiger partial charge in [-0.1, -0.05) is 0 Å². The molecular formula is C18H16N4O4. The number of carbonyl (C=O) groups is 1. The van der Waals surface area contributed by atoms with E-state index in [1.165, 1.54) is 14.2 Å². The molecule has 3 rings (SSSR count). The highest BCUT2D eigenvalue weighted by atomic mass is 16.5. The molecule has 0 radical (unpaired) electrons. The lowest BCUT2D eigenvalue weighted by atomic mass is 10.2. The number of nitrogens with zero attached hydrogens (tertiary/aromatic N) is 3. The lowest BCUT2D eigenvalue weighted by molar-refractivity contribution is 0.102. The van der Waals surface area contributed by atoms with Crippen LogP contribution < -0.4 is 19.5 Å². The summed E-state index contributed by atoms with van der Waals surface area (Å²) in [6, 6.07) is 11.7. The molecule has 0 aliphatic carbocycles. The largest absolute Gasteiger partial charge is 0.481 e. The summed E-state index contributed by atoms with van der Waals surface area (Å²) in [5, 5.41) is 2.76. The van der Waals surface area contributed by atoms with Crippen molar-refractivity contribution < 1.29 is 19.0 Å². The molecule has 8 nitrogen and oxygen atoms in total. The van der Waals surface area contributed by atoms with Gasteiger partial charge in [-0.25, -0.2) is 0 Å². The van der Waals surface area contributed by atoms with Gasteiger partial charge in [-0.3, -0.25) is 9.78 Å². The van der Waals surface area contributed by atoms with E-state index < -0.39 is 0 Å². The Bertz CT molecular complexity index is 863. The fraction of sp³-hybridized carbons (Fsp3) is 0.111. The van der Waals surface area contributed by atoms with Crippen molar-refractivity contribution in [2.75, 3.05) is 19.5 Å². The molecule has 1 aromatic carbocycles. The van der Waals surface area contributed by atoms with Gasteiger partial charge in [0.1, 0.15) is 5.75 Å². The molecule has 0 unspecified atom stereocenters. The molecule has 0 atom stereocenters. The summed E-state index contributed by atoms with van der Waals surface area (Å²) in [5.41, 5.74) is 1.10. The van der Waals surface area contributed by atoms with Crippen LogP contribution in [-0.4, -0.2) is 35.1 Å². The first-order chi connectivity index (χ1) is 12.7. The van der Waals surface area contributed by atoms with Crippen LogP contribution in [0.3, 0.4) is 0 Å². The van der Waals surface area contributed by atoms with E-state index in [1.54, 1.807) is 54.9 Å². The monoisotopic (exact) mass is 352 g/mol. The lowest BCUT2D eigenvalue weighted by Crippen LogP contribution is -2.11. The highest BCUT2D eigenvalue weighted by Gasteiger charge is 2.10. The number of benzene rings is 1. The SMILES string of the molecule is COc1cc(OC)nc(Oc2ccc(C(=O)Nc3cccnc3)cc2)n1. The van der Waals surface area contributed by atoms with E-state index in [0.29, 0.717) is 28.8 Å². The number of nitrogens with one attached hydrogen (secondary N) is 1. The Kier molecular flexibility index (Phi) is 5.23. The number of rotatable bonds is 6. The number of ether oxygens (including phenoxy) is 3. The van der Waals surface area contributed by atoms with E-state index in [9.17, 15) is 4.79 Å². The van der Waals surface area contributed by atoms with Crippen LogP contribution in [0.25, 0.3) is 0 Å². The first kappa shape index (κ1) is 17.2. The summed E-state index contributed by atoms with van der Waals surface area (Å²) in [5.74, 6) is 0.862. The van der Waals surface area contributed by atoms with Crippen molar-refractivity contribution in [3.63, 3.8) is 0 Å². The molecule has 3 aromatic rings. The number of pyridine rings is 1. The van der Waals surface area contributed by atoms with Crippen molar-refractivity contribution >= 4 is 11.6 Å². The average Bonchev–Trinajstić information content (AvgIpc) is 2.69. The van der Waals surface area contributed by atoms with Crippen molar-refractivity contribution in [3.05, 3.63) is 60.4 Å². The maximum Gasteiger partial charge on any atom is 0.328 e. The third kappa shape index (κ3) is 4.23. The first-order valence-electron chi connectivity index (χ1n) is 7.64. The minimum Gasteiger partial charge on any atom is -0.481 e. The van der Waals surface area contributed by atoms with Crippen LogP contribution in [0.1, 0.15) is 10.4 Å². The summed E-state index contributed by atoms with van der Waals surface area (Å²) >= 11 is 0. The van der Waals surface area contributed by atoms with Crippen LogP contribution in [0.2, 0.25) is 0 Å². The minimum atomic E-state index is -0.246. The third-order valence-corrected chi connectivity index (χ3v) is 3.32. The van der Waals surface area contributed by atoms with Crippen LogP contribution in [0.5, 0.6) is 23.5 Å². The molecule has 2 aromatic heterocycles. The van der Waals surface area contributed by atoms with Gasteiger partial charge in [-0.2, -0.15) is 9.97 Å². The zero-order valence-electron chi connectivity index (χ0n) is 14.2. The Hall–Kier alpha value is -3.68. The number of amides is 1. The lowest BCUT2D eigenvalue weighted by Gasteiger charge is -2.08. The molecular weight excluding hydrogens is 336 g/mol. The molecule has 0 saturated heterocycles. The molecule has 0 aliphatic rings. The van der Waals surface area contributed by atoms with E-state index in [-0.39, 0.29) is 11.9 Å². The van der Waals surface area contributed by atoms with Crippen molar-refractivity contribution in [2.24, 2.45) is 0 Å². The van der Waals surface area contributed by atoms with E-state index in [1.807, 2.05) is 0 Å². The summed E-state index contributed by atoms with van der Waals surface area (Å²) < 4.78 is 15.7. The number of aromatic nitrogens is 3. The predicted octanol–water partition coefficient (Wildman–Crippen LogP) is 2.93. The standard InChI is InChI=1S/C18H16N4O4/c1-24-15-10-16(25-2)22-18(21-15)26-14-7-5-12(6-8-14)17(23)20-13-4-3-9-19-11-13/h3-11H,1-2H3,(H,20,23). The van der Waals surface area contributed by atoms with Crippen LogP contribution in [0, 0.1) is 0 Å². The second kappa shape index (κ2) is 7.93. The van der Waals surface area contributed by atoms with Gasteiger partial charge in [0, 0.05) is 11.8 Å². The second-order valence-electron chi connectivity index (χ2n) is 5.06. The normalized spacial score (nSPS) is 10.1. The molecule has 1 N–H and O–H groups in total. The fourth-order valence-corrected chi connectivity index (χ4v) is 2.06. The van der Waals surface area contributed by atoms with Crippen molar-refractivity contribution in [1.29, 1.82) is 0 Å². The second-order valence-corrected chi connectivity index (χ2v) is 5.06. The zero-order chi connectivity index (χ0) is 18.4. The number of hydrogen-bond donors (Lipinski definition) is 1. The van der Waals surface area contributed by atoms with Gasteiger partial charge in [0.05, 0.1) is 32.2 Å². The van der Waals surface area contributed by atoms with Crippen LogP contribution >= 0.6 is 0 Å². The Morgan fingerprint density at radius 2 is 1.69 bits per heavy atom. The maximum absolute atomic E-state index is 12.2. The van der Waals surface area contributed by atoms with Gasteiger partial charge in [0.15, 0.2) is 0 Å². The molecule has 0 fully saturated rings. The molecule has 1 amide bonds. The van der Waals surface area contributed by atoms with Gasteiger partial charge in [-0.15, -0.1) is 0 Å². The highest BCUT2D eigenvalue weighted by molar-refractivity contribution is 6.04. The number of hydrogen-bond acceptors (Lipinski definition) is 7. The number of anilines is 1. The number of methoxy groups -OCH3 is 2. The summed E-state index contributed by atoms with van der Waals surface area (Å²) in [7, 11) is 2.97. The van der Waals surface area contributed by atoms with Gasteiger partial charge in [-0.05, 0) is 36.4 Å². The van der Waals surface area contributed by atoms with Crippen LogP contribution in [0.4, 0.5) is 5.69 Å². The summed E-state index contributed by atoms with van der Waals surface area (Å²) in [4.78, 5) is 24.3. The van der Waals surface area contributed by atoms with E-state index in [0.717, 1.165) is 0 Å². The van der Waals surface area contributed by atoms with Gasteiger partial charge in [0.2, 0.25) is 11.8 Å². The van der Waals surface area contributed by atoms with Crippen molar-refractivity contribution in [1.82, 2.24) is 15.0 Å². The third-order valence-electron chi connectivity index (χ3n) is 3.32. The quantitative estimate of drug-likeness (QED) is 0.728. The molecule has 0 spiro atoms. The van der Waals surface area contributed by atoms with Crippen LogP contribution in [0.15, 0.2) is 54.9 Å². The van der Waals surface area contributed by atoms with Crippen LogP contribution in [-0.2, 0) is 0 Å². The molecule has 2 heterocycles. The minimum absolute atomic E-state index is 0.0776. The zero-order valence-corrected chi connectivity index (χ0v) is 14.2. The average molecular weight is 352 g/mol. The van der Waals surface area contributed by atoms with E-state index >= 15 is 0 Å². The van der Waals surface area contributed by atoms with Crippen molar-refractivity contribution in [3.8, 4) is 23.5 Å². The Labute approximate surface area is 149 Å². The van der Waals surface area contributed by atoms with E-state index in [4.69, 9.17) is 14.2 Å². The predicted molar refractivity (Wildman–Crippen MR) is 93.8 cm³/mol. The van der Waals surface area contributed by atoms with E-state index in [2.05, 4.69) is 20.3 Å². The Morgan fingerprint density at radius 1 is 1.00 bits per heavy atom. The molecule has 132 valence electrons. The molecule has 0 aliphatic heterocycles. The van der Waals surface area contributed by atoms with Gasteiger partial charge < -0.3 is 19.5 Å². The maximum atomic E-state index is 12.2. The summed E-state index contributed by atoms with van der Waals surface area (Å²) in [6.07, 6.45) is 3.21. The van der Waals surface area contributed by atoms with Crippen molar-refractivity contribution in [2.45, 2.75) is 0 Å². The topological polar surface area (TPSA) is 95.5 Å². The number of carbonyl (C=O) groups excluding carboxylic acids is 1. The Balaban J connectivity index is 1.71. The highest BCUT2D eigenvalue weighted by Crippen LogP contribution is 2.24. The molecule has 26 heavy (non-hydrogen) atoms. The van der Waals surface area contributed by atoms with Gasteiger partial charge in [0.25, 0.3) is 5.91 Å². The molecule has 8 heteroatoms. The smallest absolute Gasteiger partial charge is 0.328 e. The Morgan fingerprint density at radius 3 is 2.27 bits per heavy atom. The summed E-state index contributed by atoms with van der Waals surface area (Å²) in [6.45, 7) is 0. The molecule has 0 saturated carbocycles. The first-order valence-corrected chi connectivity index (χ1v) is 7.64. The van der Waals surface area contributed by atoms with Gasteiger partial charge >= 0.3 is 6.01 Å². The fourth-order valence-electron chi connectivity index (χ4n) is 2.06.